The summed E-state index contributed by atoms with van der Waals surface area (Å²) in [6.45, 7) is -0.00601. The number of rotatable bonds is 6. The van der Waals surface area contributed by atoms with Gasteiger partial charge in [0, 0.05) is 34.0 Å². The summed E-state index contributed by atoms with van der Waals surface area (Å²) >= 11 is 0. The number of nitrogens with zero attached hydrogens (tertiary/aromatic N) is 2. The molecule has 57 heavy (non-hydrogen) atoms. The van der Waals surface area contributed by atoms with Crippen LogP contribution >= 0.6 is 0 Å². The van der Waals surface area contributed by atoms with Crippen LogP contribution in [-0.2, 0) is 0 Å². The van der Waals surface area contributed by atoms with Crippen LogP contribution in [0.25, 0.3) is 44.5 Å². The van der Waals surface area contributed by atoms with E-state index >= 15 is 0 Å². The van der Waals surface area contributed by atoms with E-state index in [0.29, 0.717) is 0 Å². The predicted octanol–water partition coefficient (Wildman–Crippen LogP) is 12.4. The SMILES string of the molecule is c1ccc(-c2ccc(N3c4ccc(-c5ccccc5)cc4B4c5cc(-c6ccccc6)ccc5N(c5ccccc5-c5ccccc5)c5cccc3c54)cc2)cc1. The van der Waals surface area contributed by atoms with Crippen LogP contribution in [0.15, 0.2) is 224 Å². The maximum Gasteiger partial charge on any atom is 0.252 e. The van der Waals surface area contributed by atoms with Gasteiger partial charge in [0.25, 0.3) is 6.71 Å². The van der Waals surface area contributed by atoms with E-state index in [1.165, 1.54) is 83.6 Å². The highest BCUT2D eigenvalue weighted by Gasteiger charge is 2.43. The van der Waals surface area contributed by atoms with Gasteiger partial charge in [-0.1, -0.05) is 182 Å². The lowest BCUT2D eigenvalue weighted by Gasteiger charge is -2.44. The van der Waals surface area contributed by atoms with Gasteiger partial charge in [0.15, 0.2) is 0 Å². The molecule has 0 N–H and O–H groups in total. The Morgan fingerprint density at radius 1 is 0.263 bits per heavy atom. The Bertz CT molecular complexity index is 2890. The lowest BCUT2D eigenvalue weighted by atomic mass is 9.33. The first-order valence-corrected chi connectivity index (χ1v) is 19.7. The summed E-state index contributed by atoms with van der Waals surface area (Å²) in [5.74, 6) is 0. The fourth-order valence-electron chi connectivity index (χ4n) is 9.07. The van der Waals surface area contributed by atoms with Crippen LogP contribution in [-0.4, -0.2) is 6.71 Å². The number of fused-ring (bicyclic) bond motifs is 4. The minimum Gasteiger partial charge on any atom is -0.311 e. The van der Waals surface area contributed by atoms with Crippen molar-refractivity contribution in [3.8, 4) is 44.5 Å². The zero-order chi connectivity index (χ0) is 37.7. The second-order valence-corrected chi connectivity index (χ2v) is 14.9. The molecule has 0 aromatic heterocycles. The maximum absolute atomic E-state index is 2.52. The minimum absolute atomic E-state index is 0.00601. The van der Waals surface area contributed by atoms with Crippen molar-refractivity contribution in [2.75, 3.05) is 9.80 Å². The third-order valence-corrected chi connectivity index (χ3v) is 11.7. The first-order chi connectivity index (χ1) is 28.3. The molecule has 0 aliphatic carbocycles. The molecule has 2 nitrogen and oxygen atoms in total. The Balaban J connectivity index is 1.19. The molecule has 2 aliphatic rings. The molecule has 0 atom stereocenters. The summed E-state index contributed by atoms with van der Waals surface area (Å²) < 4.78 is 0. The van der Waals surface area contributed by atoms with Gasteiger partial charge in [-0.25, -0.2) is 0 Å². The van der Waals surface area contributed by atoms with Crippen molar-refractivity contribution >= 4 is 57.2 Å². The highest BCUT2D eigenvalue weighted by atomic mass is 15.2. The van der Waals surface area contributed by atoms with Crippen molar-refractivity contribution in [1.82, 2.24) is 0 Å². The van der Waals surface area contributed by atoms with E-state index in [1.54, 1.807) is 0 Å². The summed E-state index contributed by atoms with van der Waals surface area (Å²) in [6.07, 6.45) is 0. The zero-order valence-electron chi connectivity index (χ0n) is 31.3. The second-order valence-electron chi connectivity index (χ2n) is 14.9. The van der Waals surface area contributed by atoms with Crippen LogP contribution in [0.4, 0.5) is 34.1 Å². The lowest BCUT2D eigenvalue weighted by molar-refractivity contribution is 1.25. The fourth-order valence-corrected chi connectivity index (χ4v) is 9.07. The molecule has 266 valence electrons. The van der Waals surface area contributed by atoms with E-state index in [4.69, 9.17) is 0 Å². The molecule has 9 aromatic rings. The highest BCUT2D eigenvalue weighted by molar-refractivity contribution is 7.00. The standard InChI is InChI=1S/C54H37BN2/c1-5-16-38(17-6-1)41-28-32-45(33-29-41)56-50-34-30-43(39-18-7-2-8-19-39)36-47(50)55-48-37-44(40-20-9-3-10-21-40)31-35-51(48)57(53-27-15-26-52(56)54(53)55)49-25-14-13-24-46(49)42-22-11-4-12-23-42/h1-37H. The summed E-state index contributed by atoms with van der Waals surface area (Å²) in [6, 6.07) is 82.0. The maximum atomic E-state index is 2.52. The Labute approximate surface area is 334 Å². The molecular formula is C54H37BN2. The van der Waals surface area contributed by atoms with Gasteiger partial charge in [-0.3, -0.25) is 0 Å². The van der Waals surface area contributed by atoms with Gasteiger partial charge in [0.2, 0.25) is 0 Å². The van der Waals surface area contributed by atoms with E-state index in [2.05, 4.69) is 234 Å². The first-order valence-electron chi connectivity index (χ1n) is 19.7. The largest absolute Gasteiger partial charge is 0.311 e. The van der Waals surface area contributed by atoms with Crippen LogP contribution in [0.5, 0.6) is 0 Å². The topological polar surface area (TPSA) is 6.48 Å². The van der Waals surface area contributed by atoms with Gasteiger partial charge in [-0.05, 0) is 97.8 Å². The van der Waals surface area contributed by atoms with Crippen molar-refractivity contribution in [3.05, 3.63) is 224 Å². The molecule has 0 saturated heterocycles. The Kier molecular flexibility index (Phi) is 7.96. The number of anilines is 6. The van der Waals surface area contributed by atoms with Gasteiger partial charge < -0.3 is 9.80 Å². The Hall–Kier alpha value is -7.36. The molecule has 2 heterocycles. The molecule has 0 radical (unpaired) electrons. The summed E-state index contributed by atoms with van der Waals surface area (Å²) in [5, 5.41) is 0. The molecule has 11 rings (SSSR count). The van der Waals surface area contributed by atoms with Crippen LogP contribution in [0.1, 0.15) is 0 Å². The van der Waals surface area contributed by atoms with E-state index in [0.717, 1.165) is 11.4 Å². The first kappa shape index (κ1) is 33.0. The fraction of sp³-hybridized carbons (Fsp3) is 0. The van der Waals surface area contributed by atoms with Crippen molar-refractivity contribution in [2.24, 2.45) is 0 Å². The third kappa shape index (κ3) is 5.59. The van der Waals surface area contributed by atoms with Gasteiger partial charge >= 0.3 is 0 Å². The molecule has 9 aromatic carbocycles. The van der Waals surface area contributed by atoms with E-state index in [9.17, 15) is 0 Å². The van der Waals surface area contributed by atoms with Gasteiger partial charge in [-0.2, -0.15) is 0 Å². The van der Waals surface area contributed by atoms with Crippen molar-refractivity contribution in [1.29, 1.82) is 0 Å². The summed E-state index contributed by atoms with van der Waals surface area (Å²) in [4.78, 5) is 5.01. The van der Waals surface area contributed by atoms with Crippen LogP contribution in [0.3, 0.4) is 0 Å². The quantitative estimate of drug-likeness (QED) is 0.158. The average molecular weight is 725 g/mol. The molecular weight excluding hydrogens is 687 g/mol. The van der Waals surface area contributed by atoms with Crippen molar-refractivity contribution < 1.29 is 0 Å². The molecule has 0 saturated carbocycles. The molecule has 2 aliphatic heterocycles. The van der Waals surface area contributed by atoms with Gasteiger partial charge in [-0.15, -0.1) is 0 Å². The molecule has 0 bridgehead atoms. The molecule has 0 fully saturated rings. The number of benzene rings is 9. The van der Waals surface area contributed by atoms with E-state index in [1.807, 2.05) is 0 Å². The smallest absolute Gasteiger partial charge is 0.252 e. The van der Waals surface area contributed by atoms with Crippen LogP contribution < -0.4 is 26.2 Å². The minimum atomic E-state index is -0.00601. The molecule has 0 amide bonds. The molecule has 3 heteroatoms. The van der Waals surface area contributed by atoms with Crippen molar-refractivity contribution in [2.45, 2.75) is 0 Å². The number of hydrogen-bond acceptors (Lipinski definition) is 2. The lowest BCUT2D eigenvalue weighted by Crippen LogP contribution is -2.61. The van der Waals surface area contributed by atoms with Gasteiger partial charge in [0.1, 0.15) is 0 Å². The second kappa shape index (κ2) is 13.7. The molecule has 0 unspecified atom stereocenters. The van der Waals surface area contributed by atoms with Gasteiger partial charge in [0.05, 0.1) is 5.69 Å². The Morgan fingerprint density at radius 2 is 0.667 bits per heavy atom. The summed E-state index contributed by atoms with van der Waals surface area (Å²) in [7, 11) is 0. The predicted molar refractivity (Wildman–Crippen MR) is 242 cm³/mol. The molecule has 0 spiro atoms. The Morgan fingerprint density at radius 3 is 1.23 bits per heavy atom. The van der Waals surface area contributed by atoms with Crippen LogP contribution in [0.2, 0.25) is 0 Å². The van der Waals surface area contributed by atoms with Crippen molar-refractivity contribution in [3.63, 3.8) is 0 Å². The monoisotopic (exact) mass is 724 g/mol. The average Bonchev–Trinajstić information content (AvgIpc) is 3.30. The number of para-hydroxylation sites is 1. The highest BCUT2D eigenvalue weighted by Crippen LogP contribution is 2.47. The zero-order valence-corrected chi connectivity index (χ0v) is 31.3. The van der Waals surface area contributed by atoms with E-state index < -0.39 is 0 Å². The van der Waals surface area contributed by atoms with E-state index in [-0.39, 0.29) is 6.71 Å². The summed E-state index contributed by atoms with van der Waals surface area (Å²) in [5.41, 5.74) is 20.7. The number of hydrogen-bond donors (Lipinski definition) is 0. The third-order valence-electron chi connectivity index (χ3n) is 11.7. The van der Waals surface area contributed by atoms with Crippen LogP contribution in [0, 0.1) is 0 Å². The normalized spacial score (nSPS) is 12.5.